The Morgan fingerprint density at radius 2 is 1.58 bits per heavy atom. The van der Waals surface area contributed by atoms with Crippen LogP contribution in [0.3, 0.4) is 0 Å². The molecule has 31 heavy (non-hydrogen) atoms. The molecule has 0 rings (SSSR count). The van der Waals surface area contributed by atoms with E-state index in [9.17, 15) is 14.4 Å². The van der Waals surface area contributed by atoms with Crippen LogP contribution in [0.4, 0.5) is 0 Å². The van der Waals surface area contributed by atoms with Gasteiger partial charge in [0.25, 0.3) is 0 Å². The van der Waals surface area contributed by atoms with E-state index in [0.717, 1.165) is 31.1 Å². The molecular formula is C25H47NO5. The lowest BCUT2D eigenvalue weighted by molar-refractivity contribution is -0.139. The van der Waals surface area contributed by atoms with Gasteiger partial charge in [0.05, 0.1) is 13.7 Å². The first-order chi connectivity index (χ1) is 14.9. The highest BCUT2D eigenvalue weighted by atomic mass is 16.5. The predicted octanol–water partition coefficient (Wildman–Crippen LogP) is 5.57. The molecule has 0 aromatic rings. The van der Waals surface area contributed by atoms with Crippen molar-refractivity contribution in [1.82, 2.24) is 5.32 Å². The summed E-state index contributed by atoms with van der Waals surface area (Å²) in [5.74, 6) is 5.02. The molecule has 0 fully saturated rings. The zero-order valence-corrected chi connectivity index (χ0v) is 21.6. The van der Waals surface area contributed by atoms with Gasteiger partial charge < -0.3 is 15.2 Å². The van der Waals surface area contributed by atoms with Crippen LogP contribution in [0.5, 0.6) is 0 Å². The number of aliphatic carboxylic acids is 1. The van der Waals surface area contributed by atoms with E-state index in [1.54, 1.807) is 19.2 Å². The Balaban J connectivity index is -0.000000144. The number of carbonyl (C=O) groups excluding carboxylic acids is 2. The van der Waals surface area contributed by atoms with Crippen molar-refractivity contribution in [3.05, 3.63) is 23.3 Å². The molecule has 0 unspecified atom stereocenters. The van der Waals surface area contributed by atoms with Gasteiger partial charge in [-0.15, -0.1) is 0 Å². The first-order valence-electron chi connectivity index (χ1n) is 11.1. The summed E-state index contributed by atoms with van der Waals surface area (Å²) in [6.07, 6.45) is 7.80. The number of likely N-dealkylation sites (N-methyl/N-ethyl adjacent to an activating group) is 1. The van der Waals surface area contributed by atoms with E-state index in [4.69, 9.17) is 5.11 Å². The number of carbonyl (C=O) groups is 3. The molecule has 0 spiro atoms. The largest absolute Gasteiger partial charge is 0.481 e. The summed E-state index contributed by atoms with van der Waals surface area (Å²) in [4.78, 5) is 31.0. The molecule has 0 radical (unpaired) electrons. The van der Waals surface area contributed by atoms with Crippen LogP contribution in [-0.2, 0) is 19.1 Å². The number of rotatable bonds is 9. The molecule has 0 atom stereocenters. The Morgan fingerprint density at radius 1 is 1.03 bits per heavy atom. The van der Waals surface area contributed by atoms with Crippen molar-refractivity contribution in [3.8, 4) is 11.8 Å². The van der Waals surface area contributed by atoms with E-state index in [2.05, 4.69) is 21.9 Å². The van der Waals surface area contributed by atoms with Gasteiger partial charge in [-0.25, -0.2) is 0 Å². The van der Waals surface area contributed by atoms with Crippen LogP contribution in [0, 0.1) is 11.8 Å². The summed E-state index contributed by atoms with van der Waals surface area (Å²) in [5, 5.41) is 11.1. The highest BCUT2D eigenvalue weighted by Gasteiger charge is 1.95. The summed E-state index contributed by atoms with van der Waals surface area (Å²) < 4.78 is 4.29. The molecule has 0 saturated heterocycles. The molecule has 0 amide bonds. The average molecular weight is 442 g/mol. The lowest BCUT2D eigenvalue weighted by Crippen LogP contribution is -2.19. The van der Waals surface area contributed by atoms with Crippen LogP contribution in [0.15, 0.2) is 23.3 Å². The fourth-order valence-corrected chi connectivity index (χ4v) is 1.56. The zero-order chi connectivity index (χ0) is 25.5. The highest BCUT2D eigenvalue weighted by Crippen LogP contribution is 2.03. The van der Waals surface area contributed by atoms with Gasteiger partial charge in [-0.3, -0.25) is 14.4 Å². The quantitative estimate of drug-likeness (QED) is 0.121. The predicted molar refractivity (Wildman–Crippen MR) is 132 cm³/mol. The molecule has 182 valence electrons. The van der Waals surface area contributed by atoms with Crippen LogP contribution in [0.2, 0.25) is 0 Å². The van der Waals surface area contributed by atoms with Crippen LogP contribution in [-0.4, -0.2) is 44.0 Å². The molecule has 0 bridgehead atoms. The first-order valence-corrected chi connectivity index (χ1v) is 11.1. The Kier molecular flexibility index (Phi) is 48.3. The number of hydrogen-bond donors (Lipinski definition) is 2. The first kappa shape index (κ1) is 39.1. The number of ether oxygens (including phenoxy) is 1. The number of methoxy groups -OCH3 is 1. The molecule has 2 N–H and O–H groups in total. The van der Waals surface area contributed by atoms with Gasteiger partial charge in [0.2, 0.25) is 0 Å². The van der Waals surface area contributed by atoms with Crippen molar-refractivity contribution >= 4 is 18.2 Å². The minimum absolute atomic E-state index is 0.232. The Hall–Kier alpha value is -2.39. The Morgan fingerprint density at radius 3 is 1.94 bits per heavy atom. The van der Waals surface area contributed by atoms with Gasteiger partial charge in [-0.05, 0) is 45.4 Å². The molecule has 0 aromatic heterocycles. The third kappa shape index (κ3) is 42.6. The summed E-state index contributed by atoms with van der Waals surface area (Å²) in [5.41, 5.74) is 1.49. The number of carboxylic acids is 1. The van der Waals surface area contributed by atoms with Gasteiger partial charge in [0.15, 0.2) is 0 Å². The van der Waals surface area contributed by atoms with E-state index in [-0.39, 0.29) is 18.9 Å². The topological polar surface area (TPSA) is 92.7 Å². The molecule has 0 heterocycles. The van der Waals surface area contributed by atoms with Gasteiger partial charge >= 0.3 is 11.9 Å². The van der Waals surface area contributed by atoms with E-state index < -0.39 is 5.97 Å². The molecule has 0 saturated carbocycles. The van der Waals surface area contributed by atoms with Crippen molar-refractivity contribution < 1.29 is 24.2 Å². The highest BCUT2D eigenvalue weighted by molar-refractivity contribution is 5.77. The maximum absolute atomic E-state index is 10.6. The minimum Gasteiger partial charge on any atom is -0.481 e. The second-order valence-electron chi connectivity index (χ2n) is 5.10. The number of aldehydes is 1. The maximum atomic E-state index is 10.6. The number of carboxylic acid groups (broad SMARTS) is 1. The smallest absolute Gasteiger partial charge is 0.319 e. The van der Waals surface area contributed by atoms with E-state index in [1.807, 2.05) is 55.4 Å². The molecule has 6 nitrogen and oxygen atoms in total. The van der Waals surface area contributed by atoms with E-state index in [1.165, 1.54) is 7.11 Å². The lowest BCUT2D eigenvalue weighted by Gasteiger charge is -1.94. The monoisotopic (exact) mass is 441 g/mol. The van der Waals surface area contributed by atoms with Crippen LogP contribution in [0.1, 0.15) is 87.5 Å². The second-order valence-corrected chi connectivity index (χ2v) is 5.10. The SMILES string of the molecule is C/C=C(C=O)\C=C(/C)C#CCCCCCC(=O)O.CC.CC.CC.CNCC(=O)OC. The third-order valence-electron chi connectivity index (χ3n) is 2.88. The normalized spacial score (nSPS) is 9.23. The molecule has 0 aliphatic rings. The fourth-order valence-electron chi connectivity index (χ4n) is 1.56. The summed E-state index contributed by atoms with van der Waals surface area (Å²) >= 11 is 0. The maximum Gasteiger partial charge on any atom is 0.319 e. The summed E-state index contributed by atoms with van der Waals surface area (Å²) in [7, 11) is 3.05. The van der Waals surface area contributed by atoms with Crippen LogP contribution >= 0.6 is 0 Å². The molecule has 0 aliphatic carbocycles. The minimum atomic E-state index is -0.743. The number of unbranched alkanes of at least 4 members (excludes halogenated alkanes) is 3. The number of nitrogens with one attached hydrogen (secondary N) is 1. The van der Waals surface area contributed by atoms with E-state index in [0.29, 0.717) is 12.0 Å². The molecule has 6 heteroatoms. The standard InChI is InChI=1S/C15H20O3.C4H9NO2.3C2H6/c1-3-14(12-16)11-13(2)9-7-5-4-6-8-10-15(17)18;1-5-3-4(6)7-2;3*1-2/h3,11-12H,4-6,8,10H2,1-2H3,(H,17,18);5H,3H2,1-2H3;3*1-2H3/b13-11+,14-3+;;;;. The second kappa shape index (κ2) is 38.2. The van der Waals surface area contributed by atoms with Gasteiger partial charge in [-0.2, -0.15) is 0 Å². The van der Waals surface area contributed by atoms with Crippen LogP contribution < -0.4 is 5.32 Å². The summed E-state index contributed by atoms with van der Waals surface area (Å²) in [6, 6.07) is 0. The lowest BCUT2D eigenvalue weighted by atomic mass is 10.1. The van der Waals surface area contributed by atoms with E-state index >= 15 is 0 Å². The molecular weight excluding hydrogens is 394 g/mol. The van der Waals surface area contributed by atoms with Gasteiger partial charge in [0, 0.05) is 18.4 Å². The van der Waals surface area contributed by atoms with Crippen molar-refractivity contribution in [2.45, 2.75) is 87.5 Å². The average Bonchev–Trinajstić information content (AvgIpc) is 2.81. The van der Waals surface area contributed by atoms with Gasteiger partial charge in [0.1, 0.15) is 6.29 Å². The van der Waals surface area contributed by atoms with Crippen molar-refractivity contribution in [1.29, 1.82) is 0 Å². The Bertz CT molecular complexity index is 526. The third-order valence-corrected chi connectivity index (χ3v) is 2.88. The van der Waals surface area contributed by atoms with Crippen LogP contribution in [0.25, 0.3) is 0 Å². The number of hydrogen-bond acceptors (Lipinski definition) is 5. The van der Waals surface area contributed by atoms with Crippen molar-refractivity contribution in [2.75, 3.05) is 20.7 Å². The molecule has 0 aromatic carbocycles. The van der Waals surface area contributed by atoms with Crippen molar-refractivity contribution in [2.24, 2.45) is 0 Å². The fraction of sp³-hybridized carbons (Fsp3) is 0.640. The van der Waals surface area contributed by atoms with Crippen molar-refractivity contribution in [3.63, 3.8) is 0 Å². The number of esters is 1. The zero-order valence-electron chi connectivity index (χ0n) is 21.6. The molecule has 0 aliphatic heterocycles. The number of allylic oxidation sites excluding steroid dienone is 4. The Labute approximate surface area is 191 Å². The summed E-state index contributed by atoms with van der Waals surface area (Å²) in [6.45, 7) is 16.0. The van der Waals surface area contributed by atoms with Gasteiger partial charge in [-0.1, -0.05) is 65.9 Å².